The van der Waals surface area contributed by atoms with Crippen LogP contribution in [0.15, 0.2) is 29.2 Å². The van der Waals surface area contributed by atoms with Crippen molar-refractivity contribution in [2.75, 3.05) is 11.1 Å². The molecule has 0 atom stereocenters. The molecule has 24 heavy (non-hydrogen) atoms. The van der Waals surface area contributed by atoms with Crippen molar-refractivity contribution in [3.05, 3.63) is 41.3 Å². The highest BCUT2D eigenvalue weighted by Crippen LogP contribution is 2.28. The molecule has 8 heteroatoms. The van der Waals surface area contributed by atoms with E-state index < -0.39 is 15.7 Å². The van der Waals surface area contributed by atoms with E-state index in [4.69, 9.17) is 0 Å². The first-order valence-corrected chi connectivity index (χ1v) is 9.35. The second-order valence-corrected chi connectivity index (χ2v) is 7.93. The van der Waals surface area contributed by atoms with Crippen molar-refractivity contribution in [2.24, 2.45) is 7.05 Å². The first kappa shape index (κ1) is 16.6. The SMILES string of the molecule is Cn1nc2c(c1NC(=O)CCS(=O)(=O)c1ccc(F)cc1)CCC2. The van der Waals surface area contributed by atoms with Crippen LogP contribution < -0.4 is 5.32 Å². The number of fused-ring (bicyclic) bond motifs is 1. The Hall–Kier alpha value is -2.22. The molecule has 1 aromatic carbocycles. The Morgan fingerprint density at radius 3 is 2.71 bits per heavy atom. The number of hydrogen-bond acceptors (Lipinski definition) is 4. The molecular formula is C16H18FN3O3S. The highest BCUT2D eigenvalue weighted by atomic mass is 32.2. The van der Waals surface area contributed by atoms with Crippen molar-refractivity contribution in [1.82, 2.24) is 9.78 Å². The van der Waals surface area contributed by atoms with Gasteiger partial charge in [-0.2, -0.15) is 5.10 Å². The van der Waals surface area contributed by atoms with Gasteiger partial charge in [0.15, 0.2) is 9.84 Å². The van der Waals surface area contributed by atoms with Crippen LogP contribution >= 0.6 is 0 Å². The van der Waals surface area contributed by atoms with E-state index >= 15 is 0 Å². The molecule has 1 aliphatic carbocycles. The Bertz CT molecular complexity index is 873. The monoisotopic (exact) mass is 351 g/mol. The average molecular weight is 351 g/mol. The van der Waals surface area contributed by atoms with Crippen LogP contribution in [0.2, 0.25) is 0 Å². The third-order valence-electron chi connectivity index (χ3n) is 4.10. The first-order chi connectivity index (χ1) is 11.4. The summed E-state index contributed by atoms with van der Waals surface area (Å²) in [5, 5.41) is 7.12. The summed E-state index contributed by atoms with van der Waals surface area (Å²) < 4.78 is 38.9. The summed E-state index contributed by atoms with van der Waals surface area (Å²) in [6.07, 6.45) is 2.62. The van der Waals surface area contributed by atoms with E-state index in [1.807, 2.05) is 0 Å². The van der Waals surface area contributed by atoms with Gasteiger partial charge in [0.05, 0.1) is 16.3 Å². The largest absolute Gasteiger partial charge is 0.311 e. The summed E-state index contributed by atoms with van der Waals surface area (Å²) in [6.45, 7) is 0. The molecule has 0 unspecified atom stereocenters. The quantitative estimate of drug-likeness (QED) is 0.834. The van der Waals surface area contributed by atoms with Crippen LogP contribution in [-0.4, -0.2) is 29.9 Å². The zero-order valence-electron chi connectivity index (χ0n) is 13.3. The minimum Gasteiger partial charge on any atom is -0.311 e. The highest BCUT2D eigenvalue weighted by molar-refractivity contribution is 7.91. The summed E-state index contributed by atoms with van der Waals surface area (Å²) in [5.74, 6) is -0.563. The molecule has 0 aliphatic heterocycles. The van der Waals surface area contributed by atoms with Gasteiger partial charge < -0.3 is 5.32 Å². The van der Waals surface area contributed by atoms with Gasteiger partial charge in [-0.25, -0.2) is 12.8 Å². The van der Waals surface area contributed by atoms with Crippen molar-refractivity contribution in [2.45, 2.75) is 30.6 Å². The highest BCUT2D eigenvalue weighted by Gasteiger charge is 2.23. The van der Waals surface area contributed by atoms with Crippen LogP contribution in [-0.2, 0) is 34.5 Å². The zero-order chi connectivity index (χ0) is 17.3. The standard InChI is InChI=1S/C16H18FN3O3S/c1-20-16(13-3-2-4-14(13)19-20)18-15(21)9-10-24(22,23)12-7-5-11(17)6-8-12/h5-8H,2-4,9-10H2,1H3,(H,18,21). The Labute approximate surface area is 139 Å². The van der Waals surface area contributed by atoms with E-state index in [1.165, 1.54) is 12.1 Å². The van der Waals surface area contributed by atoms with Gasteiger partial charge >= 0.3 is 0 Å². The first-order valence-electron chi connectivity index (χ1n) is 7.70. The molecular weight excluding hydrogens is 333 g/mol. The average Bonchev–Trinajstić information content (AvgIpc) is 3.09. The fraction of sp³-hybridized carbons (Fsp3) is 0.375. The number of aryl methyl sites for hydroxylation is 2. The molecule has 2 aromatic rings. The lowest BCUT2D eigenvalue weighted by molar-refractivity contribution is -0.115. The number of hydrogen-bond donors (Lipinski definition) is 1. The number of aromatic nitrogens is 2. The lowest BCUT2D eigenvalue weighted by Gasteiger charge is -2.08. The Balaban J connectivity index is 1.65. The van der Waals surface area contributed by atoms with E-state index in [0.717, 1.165) is 42.7 Å². The molecule has 1 aromatic heterocycles. The van der Waals surface area contributed by atoms with Gasteiger partial charge in [-0.1, -0.05) is 0 Å². The van der Waals surface area contributed by atoms with Crippen LogP contribution in [0.5, 0.6) is 0 Å². The minimum absolute atomic E-state index is 0.0122. The number of carbonyl (C=O) groups excluding carboxylic acids is 1. The number of halogens is 1. The third kappa shape index (κ3) is 3.33. The van der Waals surface area contributed by atoms with E-state index in [9.17, 15) is 17.6 Å². The maximum Gasteiger partial charge on any atom is 0.226 e. The van der Waals surface area contributed by atoms with Gasteiger partial charge in [0.1, 0.15) is 11.6 Å². The van der Waals surface area contributed by atoms with Crippen LogP contribution in [0, 0.1) is 5.82 Å². The van der Waals surface area contributed by atoms with Crippen LogP contribution in [0.3, 0.4) is 0 Å². The minimum atomic E-state index is -3.62. The Kier molecular flexibility index (Phi) is 4.40. The second kappa shape index (κ2) is 6.35. The Morgan fingerprint density at radius 1 is 1.29 bits per heavy atom. The molecule has 0 spiro atoms. The van der Waals surface area contributed by atoms with Crippen LogP contribution in [0.25, 0.3) is 0 Å². The van der Waals surface area contributed by atoms with Gasteiger partial charge in [-0.05, 0) is 43.5 Å². The van der Waals surface area contributed by atoms with Crippen molar-refractivity contribution in [1.29, 1.82) is 0 Å². The molecule has 128 valence electrons. The van der Waals surface area contributed by atoms with Gasteiger partial charge in [0, 0.05) is 19.0 Å². The summed E-state index contributed by atoms with van der Waals surface area (Å²) in [6, 6.07) is 4.59. The second-order valence-electron chi connectivity index (χ2n) is 5.82. The molecule has 3 rings (SSSR count). The molecule has 0 bridgehead atoms. The molecule has 0 radical (unpaired) electrons. The van der Waals surface area contributed by atoms with E-state index in [1.54, 1.807) is 11.7 Å². The van der Waals surface area contributed by atoms with E-state index in [-0.39, 0.29) is 23.0 Å². The molecule has 1 N–H and O–H groups in total. The lowest BCUT2D eigenvalue weighted by atomic mass is 10.2. The summed E-state index contributed by atoms with van der Waals surface area (Å²) in [7, 11) is -1.87. The number of anilines is 1. The lowest BCUT2D eigenvalue weighted by Crippen LogP contribution is -2.19. The molecule has 1 aliphatic rings. The van der Waals surface area contributed by atoms with Crippen LogP contribution in [0.4, 0.5) is 10.2 Å². The molecule has 6 nitrogen and oxygen atoms in total. The fourth-order valence-electron chi connectivity index (χ4n) is 2.86. The zero-order valence-corrected chi connectivity index (χ0v) is 14.1. The number of carbonyl (C=O) groups is 1. The van der Waals surface area contributed by atoms with Crippen LogP contribution in [0.1, 0.15) is 24.1 Å². The molecule has 0 saturated heterocycles. The topological polar surface area (TPSA) is 81.1 Å². The molecule has 1 heterocycles. The smallest absolute Gasteiger partial charge is 0.226 e. The normalized spacial score (nSPS) is 13.8. The van der Waals surface area contributed by atoms with E-state index in [0.29, 0.717) is 5.82 Å². The van der Waals surface area contributed by atoms with Gasteiger partial charge in [-0.3, -0.25) is 9.48 Å². The maximum atomic E-state index is 12.9. The number of sulfone groups is 1. The van der Waals surface area contributed by atoms with Gasteiger partial charge in [-0.15, -0.1) is 0 Å². The van der Waals surface area contributed by atoms with Crippen molar-refractivity contribution in [3.63, 3.8) is 0 Å². The molecule has 0 saturated carbocycles. The number of amides is 1. The summed E-state index contributed by atoms with van der Waals surface area (Å²) in [5.41, 5.74) is 2.03. The number of nitrogens with zero attached hydrogens (tertiary/aromatic N) is 2. The molecule has 0 fully saturated rings. The van der Waals surface area contributed by atoms with E-state index in [2.05, 4.69) is 10.4 Å². The number of nitrogens with one attached hydrogen (secondary N) is 1. The summed E-state index contributed by atoms with van der Waals surface area (Å²) >= 11 is 0. The summed E-state index contributed by atoms with van der Waals surface area (Å²) in [4.78, 5) is 12.1. The van der Waals surface area contributed by atoms with Gasteiger partial charge in [0.2, 0.25) is 5.91 Å². The maximum absolute atomic E-state index is 12.9. The Morgan fingerprint density at radius 2 is 2.00 bits per heavy atom. The predicted octanol–water partition coefficient (Wildman–Crippen LogP) is 1.85. The third-order valence-corrected chi connectivity index (χ3v) is 5.83. The van der Waals surface area contributed by atoms with Crippen molar-refractivity contribution < 1.29 is 17.6 Å². The fourth-order valence-corrected chi connectivity index (χ4v) is 4.10. The number of rotatable bonds is 5. The van der Waals surface area contributed by atoms with Gasteiger partial charge in [0.25, 0.3) is 0 Å². The predicted molar refractivity (Wildman–Crippen MR) is 86.9 cm³/mol. The molecule has 1 amide bonds. The van der Waals surface area contributed by atoms with Crippen molar-refractivity contribution >= 4 is 21.6 Å². The van der Waals surface area contributed by atoms with Crippen molar-refractivity contribution in [3.8, 4) is 0 Å². The number of benzene rings is 1.